The molecular formula is C18H21NO5S. The summed E-state index contributed by atoms with van der Waals surface area (Å²) in [7, 11) is -2.46. The number of hydrogen-bond acceptors (Lipinski definition) is 5. The highest BCUT2D eigenvalue weighted by atomic mass is 32.2. The van der Waals surface area contributed by atoms with Crippen LogP contribution in [-0.2, 0) is 19.6 Å². The predicted octanol–water partition coefficient (Wildman–Crippen LogP) is 2.96. The van der Waals surface area contributed by atoms with Crippen molar-refractivity contribution in [1.29, 1.82) is 0 Å². The number of para-hydroxylation sites is 1. The molecule has 0 aliphatic carbocycles. The molecule has 0 radical (unpaired) electrons. The number of ether oxygens (including phenoxy) is 2. The van der Waals surface area contributed by atoms with Crippen LogP contribution in [0.3, 0.4) is 0 Å². The van der Waals surface area contributed by atoms with Crippen molar-refractivity contribution in [1.82, 2.24) is 0 Å². The lowest BCUT2D eigenvalue weighted by Crippen LogP contribution is -2.16. The van der Waals surface area contributed by atoms with E-state index in [2.05, 4.69) is 9.46 Å². The second kappa shape index (κ2) is 7.57. The van der Waals surface area contributed by atoms with Gasteiger partial charge in [0.1, 0.15) is 5.75 Å². The summed E-state index contributed by atoms with van der Waals surface area (Å²) in [4.78, 5) is 11.3. The Hall–Kier alpha value is -2.54. The van der Waals surface area contributed by atoms with E-state index in [-0.39, 0.29) is 11.5 Å². The van der Waals surface area contributed by atoms with E-state index in [1.165, 1.54) is 25.3 Å². The zero-order valence-corrected chi connectivity index (χ0v) is 15.4. The number of methoxy groups -OCH3 is 1. The summed E-state index contributed by atoms with van der Waals surface area (Å²) in [6.07, 6.45) is 0. The molecule has 1 N–H and O–H groups in total. The monoisotopic (exact) mass is 363 g/mol. The van der Waals surface area contributed by atoms with Crippen LogP contribution in [0.5, 0.6) is 5.75 Å². The Kier molecular flexibility index (Phi) is 5.69. The fraction of sp³-hybridized carbons (Fsp3) is 0.278. The van der Waals surface area contributed by atoms with Crippen molar-refractivity contribution in [3.8, 4) is 5.75 Å². The molecule has 0 amide bonds. The summed E-state index contributed by atoms with van der Waals surface area (Å²) in [5.41, 5.74) is 2.87. The smallest absolute Gasteiger partial charge is 0.343 e. The molecule has 134 valence electrons. The van der Waals surface area contributed by atoms with Crippen LogP contribution in [0.4, 0.5) is 5.69 Å². The number of nitrogens with one attached hydrogen (secondary N) is 1. The normalized spacial score (nSPS) is 11.0. The second-order valence-corrected chi connectivity index (χ2v) is 7.35. The summed E-state index contributed by atoms with van der Waals surface area (Å²) < 4.78 is 37.8. The summed E-state index contributed by atoms with van der Waals surface area (Å²) in [5.74, 6) is -0.0794. The minimum Gasteiger partial charge on any atom is -0.482 e. The Morgan fingerprint density at radius 1 is 1.04 bits per heavy atom. The maximum atomic E-state index is 12.7. The molecule has 2 aromatic rings. The molecule has 0 heterocycles. The third kappa shape index (κ3) is 4.51. The molecule has 0 saturated carbocycles. The van der Waals surface area contributed by atoms with Crippen molar-refractivity contribution >= 4 is 21.7 Å². The van der Waals surface area contributed by atoms with Gasteiger partial charge < -0.3 is 9.47 Å². The molecule has 0 unspecified atom stereocenters. The van der Waals surface area contributed by atoms with Gasteiger partial charge in [-0.05, 0) is 55.7 Å². The van der Waals surface area contributed by atoms with E-state index >= 15 is 0 Å². The minimum atomic E-state index is -3.73. The number of anilines is 1. The highest BCUT2D eigenvalue weighted by molar-refractivity contribution is 7.92. The predicted molar refractivity (Wildman–Crippen MR) is 95.4 cm³/mol. The quantitative estimate of drug-likeness (QED) is 0.798. The Morgan fingerprint density at radius 3 is 2.24 bits per heavy atom. The molecule has 0 aliphatic rings. The molecule has 0 aliphatic heterocycles. The van der Waals surface area contributed by atoms with Gasteiger partial charge in [0.2, 0.25) is 0 Å². The van der Waals surface area contributed by atoms with E-state index in [9.17, 15) is 13.2 Å². The first kappa shape index (κ1) is 18.8. The van der Waals surface area contributed by atoms with Crippen molar-refractivity contribution in [2.75, 3.05) is 18.4 Å². The SMILES string of the molecule is COC(=O)COc1ccc(S(=O)(=O)Nc2c(C)cccc2C)cc1C. The lowest BCUT2D eigenvalue weighted by Gasteiger charge is -2.14. The van der Waals surface area contributed by atoms with E-state index in [0.717, 1.165) is 11.1 Å². The number of hydrogen-bond donors (Lipinski definition) is 1. The van der Waals surface area contributed by atoms with Crippen molar-refractivity contribution in [3.63, 3.8) is 0 Å². The second-order valence-electron chi connectivity index (χ2n) is 5.66. The van der Waals surface area contributed by atoms with Crippen LogP contribution in [0, 0.1) is 20.8 Å². The fourth-order valence-corrected chi connectivity index (χ4v) is 3.60. The van der Waals surface area contributed by atoms with Gasteiger partial charge in [-0.2, -0.15) is 0 Å². The Bertz CT molecular complexity index is 870. The zero-order chi connectivity index (χ0) is 18.6. The van der Waals surface area contributed by atoms with Gasteiger partial charge >= 0.3 is 5.97 Å². The first-order valence-electron chi connectivity index (χ1n) is 7.64. The number of carbonyl (C=O) groups excluding carboxylic acids is 1. The topological polar surface area (TPSA) is 81.7 Å². The lowest BCUT2D eigenvalue weighted by molar-refractivity contribution is -0.142. The van der Waals surface area contributed by atoms with Gasteiger partial charge in [-0.25, -0.2) is 13.2 Å². The van der Waals surface area contributed by atoms with E-state index < -0.39 is 16.0 Å². The summed E-state index contributed by atoms with van der Waals surface area (Å²) in [6, 6.07) is 10.0. The van der Waals surface area contributed by atoms with Gasteiger partial charge in [-0.15, -0.1) is 0 Å². The van der Waals surface area contributed by atoms with E-state index in [4.69, 9.17) is 4.74 Å². The van der Waals surface area contributed by atoms with E-state index in [1.54, 1.807) is 6.92 Å². The van der Waals surface area contributed by atoms with E-state index in [0.29, 0.717) is 17.0 Å². The van der Waals surface area contributed by atoms with Crippen LogP contribution in [0.1, 0.15) is 16.7 Å². The highest BCUT2D eigenvalue weighted by Crippen LogP contribution is 2.26. The standard InChI is InChI=1S/C18H21NO5S/c1-12-6-5-7-13(2)18(12)19-25(21,22)15-8-9-16(14(3)10-15)24-11-17(20)23-4/h5-10,19H,11H2,1-4H3. The molecule has 6 nitrogen and oxygen atoms in total. The zero-order valence-electron chi connectivity index (χ0n) is 14.6. The molecule has 2 aromatic carbocycles. The molecule has 0 bridgehead atoms. The number of sulfonamides is 1. The minimum absolute atomic E-state index is 0.123. The first-order chi connectivity index (χ1) is 11.7. The Morgan fingerprint density at radius 2 is 1.68 bits per heavy atom. The van der Waals surface area contributed by atoms with Gasteiger partial charge in [-0.1, -0.05) is 18.2 Å². The maximum Gasteiger partial charge on any atom is 0.343 e. The number of aryl methyl sites for hydroxylation is 3. The molecule has 7 heteroatoms. The van der Waals surface area contributed by atoms with Crippen LogP contribution >= 0.6 is 0 Å². The van der Waals surface area contributed by atoms with Crippen LogP contribution in [0.25, 0.3) is 0 Å². The Balaban J connectivity index is 2.25. The third-order valence-corrected chi connectivity index (χ3v) is 5.09. The van der Waals surface area contributed by atoms with Gasteiger partial charge in [0.05, 0.1) is 17.7 Å². The molecule has 0 spiro atoms. The average molecular weight is 363 g/mol. The first-order valence-corrected chi connectivity index (χ1v) is 9.12. The van der Waals surface area contributed by atoms with E-state index in [1.807, 2.05) is 32.0 Å². The van der Waals surface area contributed by atoms with Crippen molar-refractivity contribution < 1.29 is 22.7 Å². The van der Waals surface area contributed by atoms with Crippen molar-refractivity contribution in [3.05, 3.63) is 53.1 Å². The third-order valence-electron chi connectivity index (χ3n) is 3.75. The lowest BCUT2D eigenvalue weighted by atomic mass is 10.1. The van der Waals surface area contributed by atoms with Gasteiger partial charge in [0, 0.05) is 0 Å². The molecule has 2 rings (SSSR count). The largest absolute Gasteiger partial charge is 0.482 e. The van der Waals surface area contributed by atoms with Gasteiger partial charge in [0.25, 0.3) is 10.0 Å². The average Bonchev–Trinajstić information content (AvgIpc) is 2.56. The molecule has 0 atom stereocenters. The molecular weight excluding hydrogens is 342 g/mol. The number of benzene rings is 2. The maximum absolute atomic E-state index is 12.7. The summed E-state index contributed by atoms with van der Waals surface area (Å²) >= 11 is 0. The van der Waals surface area contributed by atoms with Crippen LogP contribution in [-0.4, -0.2) is 28.1 Å². The molecule has 0 aromatic heterocycles. The number of carbonyl (C=O) groups is 1. The Labute approximate surface area is 147 Å². The molecule has 0 saturated heterocycles. The number of rotatable bonds is 6. The van der Waals surface area contributed by atoms with Crippen LogP contribution in [0.2, 0.25) is 0 Å². The molecule has 25 heavy (non-hydrogen) atoms. The van der Waals surface area contributed by atoms with Gasteiger partial charge in [0.15, 0.2) is 6.61 Å². The fourth-order valence-electron chi connectivity index (χ4n) is 2.32. The number of esters is 1. The van der Waals surface area contributed by atoms with Gasteiger partial charge in [-0.3, -0.25) is 4.72 Å². The molecule has 0 fully saturated rings. The highest BCUT2D eigenvalue weighted by Gasteiger charge is 2.18. The van der Waals surface area contributed by atoms with Crippen molar-refractivity contribution in [2.24, 2.45) is 0 Å². The van der Waals surface area contributed by atoms with Crippen molar-refractivity contribution in [2.45, 2.75) is 25.7 Å². The summed E-state index contributed by atoms with van der Waals surface area (Å²) in [6.45, 7) is 5.18. The summed E-state index contributed by atoms with van der Waals surface area (Å²) in [5, 5.41) is 0. The van der Waals surface area contributed by atoms with Crippen LogP contribution in [0.15, 0.2) is 41.3 Å². The van der Waals surface area contributed by atoms with Crippen LogP contribution < -0.4 is 9.46 Å².